The molecule has 25 heavy (non-hydrogen) atoms. The third-order valence-electron chi connectivity index (χ3n) is 3.79. The molecular formula is C21H20FNOS. The van der Waals surface area contributed by atoms with Gasteiger partial charge in [0.1, 0.15) is 11.3 Å². The minimum atomic E-state index is -0.379. The number of aromatic nitrogens is 1. The lowest BCUT2D eigenvalue weighted by Crippen LogP contribution is -2.11. The number of benzene rings is 2. The number of hydrogen-bond donors (Lipinski definition) is 0. The van der Waals surface area contributed by atoms with E-state index in [1.165, 1.54) is 12.3 Å². The normalized spacial score (nSPS) is 11.7. The second kappa shape index (κ2) is 6.60. The molecule has 0 amide bonds. The molecule has 4 heteroatoms. The van der Waals surface area contributed by atoms with Crippen LogP contribution in [0.5, 0.6) is 0 Å². The molecule has 2 nitrogen and oxygen atoms in total. The van der Waals surface area contributed by atoms with Gasteiger partial charge in [0.05, 0.1) is 0 Å². The number of pyridine rings is 1. The summed E-state index contributed by atoms with van der Waals surface area (Å²) in [6.45, 7) is 8.38. The Morgan fingerprint density at radius 1 is 1.12 bits per heavy atom. The Labute approximate surface area is 151 Å². The molecular weight excluding hydrogens is 333 g/mol. The molecule has 0 fully saturated rings. The lowest BCUT2D eigenvalue weighted by atomic mass is 10.0. The van der Waals surface area contributed by atoms with Crippen molar-refractivity contribution >= 4 is 28.4 Å². The molecule has 0 atom stereocenters. The predicted octanol–water partition coefficient (Wildman–Crippen LogP) is 5.80. The van der Waals surface area contributed by atoms with E-state index in [0.717, 1.165) is 10.5 Å². The van der Waals surface area contributed by atoms with E-state index in [4.69, 9.17) is 0 Å². The van der Waals surface area contributed by atoms with Crippen LogP contribution < -0.4 is 0 Å². The van der Waals surface area contributed by atoms with Gasteiger partial charge < -0.3 is 0 Å². The zero-order chi connectivity index (χ0) is 18.2. The Hall–Kier alpha value is -2.20. The molecule has 0 radical (unpaired) electrons. The van der Waals surface area contributed by atoms with E-state index < -0.39 is 0 Å². The van der Waals surface area contributed by atoms with Gasteiger partial charge in [-0.05, 0) is 30.7 Å². The lowest BCUT2D eigenvalue weighted by molar-refractivity contribution is 0.103. The number of para-hydroxylation sites is 1. The summed E-state index contributed by atoms with van der Waals surface area (Å²) < 4.78 is 13.8. The highest BCUT2D eigenvalue weighted by Crippen LogP contribution is 2.37. The third kappa shape index (κ3) is 3.74. The van der Waals surface area contributed by atoms with Crippen LogP contribution in [0.3, 0.4) is 0 Å². The number of thioether (sulfide) groups is 1. The molecule has 0 saturated heterocycles. The number of rotatable bonds is 3. The number of nitrogens with zero attached hydrogens (tertiary/aromatic N) is 1. The quantitative estimate of drug-likeness (QED) is 0.440. The molecule has 128 valence electrons. The van der Waals surface area contributed by atoms with Crippen molar-refractivity contribution in [2.24, 2.45) is 0 Å². The Bertz CT molecular complexity index is 960. The molecule has 2 aromatic carbocycles. The number of fused-ring (bicyclic) bond motifs is 1. The molecule has 0 N–H and O–H groups in total. The van der Waals surface area contributed by atoms with Gasteiger partial charge in [-0.15, -0.1) is 11.8 Å². The van der Waals surface area contributed by atoms with Crippen molar-refractivity contribution in [1.82, 2.24) is 4.98 Å². The molecule has 0 spiro atoms. The molecule has 0 bridgehead atoms. The van der Waals surface area contributed by atoms with Gasteiger partial charge in [-0.25, -0.2) is 4.39 Å². The fraction of sp³-hybridized carbons (Fsp3) is 0.238. The van der Waals surface area contributed by atoms with Crippen LogP contribution in [0.15, 0.2) is 53.6 Å². The van der Waals surface area contributed by atoms with E-state index >= 15 is 0 Å². The SMILES string of the molecule is Cc1cccc(C(=O)c2cnc3c(F)cccc3c2)c1SC(C)(C)C. The minimum absolute atomic E-state index is 0.00803. The van der Waals surface area contributed by atoms with Crippen molar-refractivity contribution < 1.29 is 9.18 Å². The van der Waals surface area contributed by atoms with Crippen molar-refractivity contribution in [1.29, 1.82) is 0 Å². The Balaban J connectivity index is 2.08. The summed E-state index contributed by atoms with van der Waals surface area (Å²) in [5, 5.41) is 0.628. The van der Waals surface area contributed by atoms with E-state index in [9.17, 15) is 9.18 Å². The molecule has 1 heterocycles. The summed E-state index contributed by atoms with van der Waals surface area (Å²) in [5.74, 6) is -0.467. The van der Waals surface area contributed by atoms with Gasteiger partial charge >= 0.3 is 0 Å². The maximum absolute atomic E-state index is 13.8. The first-order chi connectivity index (χ1) is 11.8. The van der Waals surface area contributed by atoms with Crippen molar-refractivity contribution in [3.8, 4) is 0 Å². The zero-order valence-corrected chi connectivity index (χ0v) is 15.6. The Morgan fingerprint density at radius 3 is 2.56 bits per heavy atom. The highest BCUT2D eigenvalue weighted by Gasteiger charge is 2.21. The fourth-order valence-corrected chi connectivity index (χ4v) is 3.79. The van der Waals surface area contributed by atoms with E-state index in [1.807, 2.05) is 25.1 Å². The van der Waals surface area contributed by atoms with Crippen LogP contribution in [0.4, 0.5) is 4.39 Å². The highest BCUT2D eigenvalue weighted by molar-refractivity contribution is 8.00. The van der Waals surface area contributed by atoms with E-state index in [-0.39, 0.29) is 21.9 Å². The van der Waals surface area contributed by atoms with Crippen LogP contribution >= 0.6 is 11.8 Å². The Kier molecular flexibility index (Phi) is 4.65. The fourth-order valence-electron chi connectivity index (χ4n) is 2.68. The van der Waals surface area contributed by atoms with E-state index in [0.29, 0.717) is 16.5 Å². The molecule has 0 unspecified atom stereocenters. The monoisotopic (exact) mass is 353 g/mol. The smallest absolute Gasteiger partial charge is 0.195 e. The zero-order valence-electron chi connectivity index (χ0n) is 14.8. The second-order valence-corrected chi connectivity index (χ2v) is 8.87. The van der Waals surface area contributed by atoms with Crippen LogP contribution in [0, 0.1) is 12.7 Å². The number of ketones is 1. The number of aryl methyl sites for hydroxylation is 1. The first-order valence-electron chi connectivity index (χ1n) is 8.14. The van der Waals surface area contributed by atoms with E-state index in [1.54, 1.807) is 30.0 Å². The third-order valence-corrected chi connectivity index (χ3v) is 5.15. The second-order valence-electron chi connectivity index (χ2n) is 7.03. The molecule has 0 aliphatic heterocycles. The molecule has 1 aromatic heterocycles. The summed E-state index contributed by atoms with van der Waals surface area (Å²) in [4.78, 5) is 18.2. The van der Waals surface area contributed by atoms with Gasteiger partial charge in [-0.1, -0.05) is 45.0 Å². The number of carbonyl (C=O) groups excluding carboxylic acids is 1. The Morgan fingerprint density at radius 2 is 1.84 bits per heavy atom. The van der Waals surface area contributed by atoms with Crippen molar-refractivity contribution in [2.75, 3.05) is 0 Å². The van der Waals surface area contributed by atoms with Gasteiger partial charge in [-0.2, -0.15) is 0 Å². The van der Waals surface area contributed by atoms with Crippen molar-refractivity contribution in [3.05, 3.63) is 71.2 Å². The molecule has 3 rings (SSSR count). The van der Waals surface area contributed by atoms with Crippen LogP contribution in [-0.4, -0.2) is 15.5 Å². The topological polar surface area (TPSA) is 30.0 Å². The van der Waals surface area contributed by atoms with Crippen LogP contribution in [-0.2, 0) is 0 Å². The number of hydrogen-bond acceptors (Lipinski definition) is 3. The molecule has 0 aliphatic carbocycles. The van der Waals surface area contributed by atoms with Gasteiger partial charge in [-0.3, -0.25) is 9.78 Å². The van der Waals surface area contributed by atoms with Gasteiger partial charge in [0.2, 0.25) is 0 Å². The van der Waals surface area contributed by atoms with Crippen LogP contribution in [0.25, 0.3) is 10.9 Å². The predicted molar refractivity (Wildman–Crippen MR) is 102 cm³/mol. The molecule has 3 aromatic rings. The molecule has 0 saturated carbocycles. The number of carbonyl (C=O) groups is 1. The van der Waals surface area contributed by atoms with Gasteiger partial charge in [0, 0.05) is 32.4 Å². The summed E-state index contributed by atoms with van der Waals surface area (Å²) in [6, 6.07) is 12.2. The summed E-state index contributed by atoms with van der Waals surface area (Å²) in [5.41, 5.74) is 2.50. The molecule has 0 aliphatic rings. The lowest BCUT2D eigenvalue weighted by Gasteiger charge is -2.21. The largest absolute Gasteiger partial charge is 0.289 e. The highest BCUT2D eigenvalue weighted by atomic mass is 32.2. The van der Waals surface area contributed by atoms with E-state index in [2.05, 4.69) is 25.8 Å². The van der Waals surface area contributed by atoms with Crippen LogP contribution in [0.1, 0.15) is 42.3 Å². The van der Waals surface area contributed by atoms with Crippen molar-refractivity contribution in [3.63, 3.8) is 0 Å². The standard InChI is InChI=1S/C21H20FNOS/c1-13-7-5-9-16(20(13)25-21(2,3)4)19(24)15-11-14-8-6-10-17(22)18(14)23-12-15/h5-12H,1-4H3. The average molecular weight is 353 g/mol. The summed E-state index contributed by atoms with van der Waals surface area (Å²) >= 11 is 1.68. The first-order valence-corrected chi connectivity index (χ1v) is 8.95. The maximum Gasteiger partial charge on any atom is 0.195 e. The van der Waals surface area contributed by atoms with Crippen molar-refractivity contribution in [2.45, 2.75) is 37.3 Å². The number of halogens is 1. The summed E-state index contributed by atoms with van der Waals surface area (Å²) in [6.07, 6.45) is 1.46. The van der Waals surface area contributed by atoms with Gasteiger partial charge in [0.25, 0.3) is 0 Å². The maximum atomic E-state index is 13.8. The van der Waals surface area contributed by atoms with Gasteiger partial charge in [0.15, 0.2) is 5.78 Å². The summed E-state index contributed by atoms with van der Waals surface area (Å²) in [7, 11) is 0. The van der Waals surface area contributed by atoms with Crippen LogP contribution in [0.2, 0.25) is 0 Å². The average Bonchev–Trinajstić information content (AvgIpc) is 2.55. The first kappa shape index (κ1) is 17.6. The minimum Gasteiger partial charge on any atom is -0.289 e.